The molecule has 0 aliphatic rings. The van der Waals surface area contributed by atoms with Gasteiger partial charge >= 0.3 is 25.9 Å². The van der Waals surface area contributed by atoms with Gasteiger partial charge in [0, 0.05) is 0 Å². The number of nitrogens with one attached hydrogen (secondary N) is 3. The Kier molecular flexibility index (Phi) is 11.5. The first kappa shape index (κ1) is 33.3. The van der Waals surface area contributed by atoms with Crippen LogP contribution in [0.3, 0.4) is 0 Å². The Morgan fingerprint density at radius 2 is 1.34 bits per heavy atom. The van der Waals surface area contributed by atoms with Crippen LogP contribution in [0.2, 0.25) is 0 Å². The molecule has 0 saturated carbocycles. The zero-order chi connectivity index (χ0) is 30.8. The van der Waals surface area contributed by atoms with Crippen molar-refractivity contribution in [2.45, 2.75) is 65.4 Å². The highest BCUT2D eigenvalue weighted by Gasteiger charge is 2.26. The smallest absolute Gasteiger partial charge is 0.414 e. The number of hydrogen-bond acceptors (Lipinski definition) is 8. The topological polar surface area (TPSA) is 185 Å². The SMILES string of the molecule is CC(C)(C)OC(=O)NC(=Nc1ccc(C(CP(=O)(O)O)NC(=O)OCc2ccccc2)cc1)NC(=O)OC(C)(C)C. The van der Waals surface area contributed by atoms with E-state index in [0.717, 1.165) is 5.56 Å². The van der Waals surface area contributed by atoms with Crippen LogP contribution in [-0.2, 0) is 25.4 Å². The van der Waals surface area contributed by atoms with E-state index in [0.29, 0.717) is 5.56 Å². The van der Waals surface area contributed by atoms with Gasteiger partial charge in [-0.15, -0.1) is 0 Å². The number of nitrogens with zero attached hydrogens (tertiary/aromatic N) is 1. The maximum atomic E-state index is 12.4. The second-order valence-corrected chi connectivity index (χ2v) is 12.6. The highest BCUT2D eigenvalue weighted by atomic mass is 31.2. The van der Waals surface area contributed by atoms with Gasteiger partial charge in [0.25, 0.3) is 0 Å². The molecule has 0 heterocycles. The number of hydrogen-bond donors (Lipinski definition) is 5. The monoisotopic (exact) mass is 592 g/mol. The third-order valence-electron chi connectivity index (χ3n) is 4.70. The lowest BCUT2D eigenvalue weighted by molar-refractivity contribution is 0.0545. The Balaban J connectivity index is 2.23. The lowest BCUT2D eigenvalue weighted by Gasteiger charge is -2.22. The molecule has 41 heavy (non-hydrogen) atoms. The third kappa shape index (κ3) is 14.3. The average molecular weight is 593 g/mol. The van der Waals surface area contributed by atoms with Gasteiger partial charge < -0.3 is 29.3 Å². The number of aliphatic imine (C=N–C) groups is 1. The predicted molar refractivity (Wildman–Crippen MR) is 152 cm³/mol. The summed E-state index contributed by atoms with van der Waals surface area (Å²) in [4.78, 5) is 60.4. The molecule has 2 rings (SSSR count). The van der Waals surface area contributed by atoms with Crippen LogP contribution in [-0.4, -0.2) is 51.4 Å². The first-order chi connectivity index (χ1) is 18.9. The van der Waals surface area contributed by atoms with Gasteiger partial charge in [0.15, 0.2) is 0 Å². The van der Waals surface area contributed by atoms with Crippen LogP contribution < -0.4 is 16.0 Å². The van der Waals surface area contributed by atoms with E-state index in [9.17, 15) is 28.7 Å². The van der Waals surface area contributed by atoms with Crippen molar-refractivity contribution in [2.75, 3.05) is 6.16 Å². The van der Waals surface area contributed by atoms with Crippen molar-refractivity contribution < 1.29 is 42.9 Å². The largest absolute Gasteiger partial charge is 0.445 e. The summed E-state index contributed by atoms with van der Waals surface area (Å²) in [6, 6.07) is 13.7. The highest BCUT2D eigenvalue weighted by molar-refractivity contribution is 7.51. The Morgan fingerprint density at radius 3 is 1.80 bits per heavy atom. The van der Waals surface area contributed by atoms with Crippen molar-refractivity contribution in [2.24, 2.45) is 4.99 Å². The maximum Gasteiger partial charge on any atom is 0.414 e. The fourth-order valence-electron chi connectivity index (χ4n) is 3.18. The van der Waals surface area contributed by atoms with Gasteiger partial charge in [0.2, 0.25) is 5.96 Å². The number of alkyl carbamates (subject to hydrolysis) is 3. The van der Waals surface area contributed by atoms with Crippen molar-refractivity contribution >= 4 is 37.5 Å². The Labute approximate surface area is 238 Å². The zero-order valence-corrected chi connectivity index (χ0v) is 24.7. The van der Waals surface area contributed by atoms with Crippen LogP contribution in [0.25, 0.3) is 0 Å². The zero-order valence-electron chi connectivity index (χ0n) is 23.8. The van der Waals surface area contributed by atoms with E-state index < -0.39 is 49.3 Å². The second kappa shape index (κ2) is 14.1. The molecule has 0 bridgehead atoms. The molecule has 0 fully saturated rings. The summed E-state index contributed by atoms with van der Waals surface area (Å²) in [7, 11) is -4.54. The van der Waals surface area contributed by atoms with Crippen LogP contribution in [0.5, 0.6) is 0 Å². The molecule has 2 aromatic rings. The van der Waals surface area contributed by atoms with Crippen molar-refractivity contribution in [1.82, 2.24) is 16.0 Å². The summed E-state index contributed by atoms with van der Waals surface area (Å²) in [5.74, 6) is -0.282. The van der Waals surface area contributed by atoms with Crippen molar-refractivity contribution in [3.8, 4) is 0 Å². The van der Waals surface area contributed by atoms with Crippen LogP contribution in [0, 0.1) is 0 Å². The number of ether oxygens (including phenoxy) is 3. The molecule has 0 aliphatic carbocycles. The van der Waals surface area contributed by atoms with Crippen LogP contribution >= 0.6 is 7.60 Å². The number of carbonyl (C=O) groups is 3. The van der Waals surface area contributed by atoms with Crippen molar-refractivity contribution in [3.63, 3.8) is 0 Å². The van der Waals surface area contributed by atoms with E-state index in [1.807, 2.05) is 6.07 Å². The van der Waals surface area contributed by atoms with E-state index in [-0.39, 0.29) is 18.3 Å². The summed E-state index contributed by atoms with van der Waals surface area (Å²) in [6.45, 7) is 9.99. The molecule has 0 spiro atoms. The van der Waals surface area contributed by atoms with Gasteiger partial charge in [-0.25, -0.2) is 19.4 Å². The highest BCUT2D eigenvalue weighted by Crippen LogP contribution is 2.39. The molecular weight excluding hydrogens is 555 g/mol. The Morgan fingerprint density at radius 1 is 0.829 bits per heavy atom. The lowest BCUT2D eigenvalue weighted by atomic mass is 10.1. The molecular formula is C27H37N4O9P. The van der Waals surface area contributed by atoms with Crippen molar-refractivity contribution in [1.29, 1.82) is 0 Å². The Bertz CT molecular complexity index is 1230. The number of benzene rings is 2. The Hall–Kier alpha value is -3.93. The first-order valence-electron chi connectivity index (χ1n) is 12.6. The minimum absolute atomic E-state index is 0.0268. The van der Waals surface area contributed by atoms with Gasteiger partial charge in [0.05, 0.1) is 17.9 Å². The molecule has 13 nitrogen and oxygen atoms in total. The van der Waals surface area contributed by atoms with Gasteiger partial charge in [-0.1, -0.05) is 42.5 Å². The normalized spacial score (nSPS) is 12.4. The third-order valence-corrected chi connectivity index (χ3v) is 5.54. The van der Waals surface area contributed by atoms with Crippen LogP contribution in [0.1, 0.15) is 58.7 Å². The molecule has 14 heteroatoms. The number of amides is 3. The minimum Gasteiger partial charge on any atom is -0.445 e. The number of carbonyl (C=O) groups excluding carboxylic acids is 3. The predicted octanol–water partition coefficient (Wildman–Crippen LogP) is 4.87. The van der Waals surface area contributed by atoms with Crippen molar-refractivity contribution in [3.05, 3.63) is 65.7 Å². The molecule has 0 aliphatic heterocycles. The van der Waals surface area contributed by atoms with Crippen LogP contribution in [0.4, 0.5) is 20.1 Å². The van der Waals surface area contributed by atoms with E-state index in [4.69, 9.17) is 14.2 Å². The fraction of sp³-hybridized carbons (Fsp3) is 0.407. The average Bonchev–Trinajstić information content (AvgIpc) is 2.80. The summed E-state index contributed by atoms with van der Waals surface area (Å²) < 4.78 is 27.4. The molecule has 0 saturated heterocycles. The molecule has 3 amide bonds. The summed E-state index contributed by atoms with van der Waals surface area (Å²) in [5.41, 5.74) is -0.284. The van der Waals surface area contributed by atoms with Gasteiger partial charge in [-0.2, -0.15) is 0 Å². The standard InChI is InChI=1S/C27H37N4O9P/c1-26(2,3)39-24(33)30-22(31-25(34)40-27(4,5)6)28-20-14-12-19(13-15-20)21(17-41(35,36)37)29-23(32)38-16-18-10-8-7-9-11-18/h7-15,21H,16-17H2,1-6H3,(H,29,32)(H2,35,36,37)(H2,28,30,31,33,34). The summed E-state index contributed by atoms with van der Waals surface area (Å²) in [5, 5.41) is 7.20. The second-order valence-electron chi connectivity index (χ2n) is 10.9. The summed E-state index contributed by atoms with van der Waals surface area (Å²) >= 11 is 0. The molecule has 2 aromatic carbocycles. The van der Waals surface area contributed by atoms with Crippen LogP contribution in [0.15, 0.2) is 59.6 Å². The van der Waals surface area contributed by atoms with E-state index in [1.165, 1.54) is 24.3 Å². The van der Waals surface area contributed by atoms with E-state index >= 15 is 0 Å². The minimum atomic E-state index is -4.54. The maximum absolute atomic E-state index is 12.4. The first-order valence-corrected chi connectivity index (χ1v) is 14.4. The summed E-state index contributed by atoms with van der Waals surface area (Å²) in [6.07, 6.45) is -3.28. The van der Waals surface area contributed by atoms with E-state index in [2.05, 4.69) is 20.9 Å². The number of rotatable bonds is 7. The quantitative estimate of drug-likeness (QED) is 0.129. The van der Waals surface area contributed by atoms with E-state index in [1.54, 1.807) is 65.8 Å². The fourth-order valence-corrected chi connectivity index (χ4v) is 3.96. The molecule has 224 valence electrons. The molecule has 0 radical (unpaired) electrons. The number of guanidine groups is 1. The lowest BCUT2D eigenvalue weighted by Crippen LogP contribution is -2.47. The van der Waals surface area contributed by atoms with Gasteiger partial charge in [0.1, 0.15) is 17.8 Å². The van der Waals surface area contributed by atoms with Gasteiger partial charge in [-0.05, 0) is 64.8 Å². The molecule has 5 N–H and O–H groups in total. The molecule has 0 aromatic heterocycles. The molecule has 1 unspecified atom stereocenters. The molecule has 1 atom stereocenters. The van der Waals surface area contributed by atoms with Gasteiger partial charge in [-0.3, -0.25) is 15.2 Å².